The van der Waals surface area contributed by atoms with Crippen molar-refractivity contribution in [1.29, 1.82) is 0 Å². The minimum Gasteiger partial charge on any atom is -0.314 e. The summed E-state index contributed by atoms with van der Waals surface area (Å²) in [7, 11) is 1.74. The van der Waals surface area contributed by atoms with Crippen LogP contribution < -0.4 is 4.90 Å². The van der Waals surface area contributed by atoms with Crippen LogP contribution in [0.15, 0.2) is 42.6 Å². The van der Waals surface area contributed by atoms with E-state index in [-0.39, 0.29) is 5.91 Å². The van der Waals surface area contributed by atoms with E-state index in [1.807, 2.05) is 44.2 Å². The molecule has 1 aromatic carbocycles. The summed E-state index contributed by atoms with van der Waals surface area (Å²) in [6, 6.07) is 11.2. The van der Waals surface area contributed by atoms with E-state index in [1.165, 1.54) is 0 Å². The van der Waals surface area contributed by atoms with Gasteiger partial charge in [-0.3, -0.25) is 9.89 Å². The van der Waals surface area contributed by atoms with E-state index in [0.29, 0.717) is 17.1 Å². The van der Waals surface area contributed by atoms with E-state index in [4.69, 9.17) is 11.6 Å². The molecule has 2 aromatic heterocycles. The van der Waals surface area contributed by atoms with Crippen LogP contribution >= 0.6 is 11.6 Å². The monoisotopic (exact) mass is 342 g/mol. The van der Waals surface area contributed by atoms with Crippen LogP contribution in [0.1, 0.15) is 26.0 Å². The molecule has 5 nitrogen and oxygen atoms in total. The first-order valence-corrected chi connectivity index (χ1v) is 8.08. The molecule has 0 bridgehead atoms. The van der Waals surface area contributed by atoms with Crippen LogP contribution in [-0.4, -0.2) is 28.1 Å². The van der Waals surface area contributed by atoms with Crippen molar-refractivity contribution in [3.05, 3.63) is 53.3 Å². The molecule has 2 heterocycles. The second-order valence-electron chi connectivity index (χ2n) is 6.44. The molecule has 0 saturated carbocycles. The van der Waals surface area contributed by atoms with Gasteiger partial charge in [0.1, 0.15) is 0 Å². The SMILES string of the molecule is CN(C(=O)CC(C)(C)c1n[nH]c2ncccc12)c1ccccc1Cl. The van der Waals surface area contributed by atoms with Crippen molar-refractivity contribution in [1.82, 2.24) is 15.2 Å². The number of rotatable bonds is 4. The van der Waals surface area contributed by atoms with Gasteiger partial charge in [0.25, 0.3) is 0 Å². The Morgan fingerprint density at radius 2 is 2.00 bits per heavy atom. The predicted octanol–water partition coefficient (Wildman–Crippen LogP) is 3.94. The van der Waals surface area contributed by atoms with Crippen LogP contribution in [0.5, 0.6) is 0 Å². The molecule has 0 spiro atoms. The molecule has 6 heteroatoms. The molecule has 0 aliphatic carbocycles. The average Bonchev–Trinajstić information content (AvgIpc) is 2.99. The van der Waals surface area contributed by atoms with Crippen molar-refractivity contribution in [2.45, 2.75) is 25.7 Å². The van der Waals surface area contributed by atoms with Crippen molar-refractivity contribution in [2.24, 2.45) is 0 Å². The summed E-state index contributed by atoms with van der Waals surface area (Å²) in [5, 5.41) is 8.81. The largest absolute Gasteiger partial charge is 0.314 e. The number of para-hydroxylation sites is 1. The van der Waals surface area contributed by atoms with Gasteiger partial charge in [-0.05, 0) is 24.3 Å². The van der Waals surface area contributed by atoms with Crippen LogP contribution in [0.3, 0.4) is 0 Å². The maximum atomic E-state index is 12.8. The Labute approximate surface area is 145 Å². The van der Waals surface area contributed by atoms with Crippen LogP contribution in [0.4, 0.5) is 5.69 Å². The maximum absolute atomic E-state index is 12.8. The topological polar surface area (TPSA) is 61.9 Å². The predicted molar refractivity (Wildman–Crippen MR) is 96.4 cm³/mol. The third-order valence-corrected chi connectivity index (χ3v) is 4.48. The van der Waals surface area contributed by atoms with Gasteiger partial charge in [0.2, 0.25) is 5.91 Å². The molecule has 3 rings (SSSR count). The molecule has 0 radical (unpaired) electrons. The van der Waals surface area contributed by atoms with E-state index in [1.54, 1.807) is 24.2 Å². The lowest BCUT2D eigenvalue weighted by atomic mass is 9.83. The van der Waals surface area contributed by atoms with Crippen LogP contribution in [-0.2, 0) is 10.2 Å². The normalized spacial score (nSPS) is 11.7. The van der Waals surface area contributed by atoms with Crippen LogP contribution in [0.25, 0.3) is 11.0 Å². The number of amides is 1. The smallest absolute Gasteiger partial charge is 0.227 e. The number of fused-ring (bicyclic) bond motifs is 1. The first-order chi connectivity index (χ1) is 11.4. The van der Waals surface area contributed by atoms with Crippen LogP contribution in [0, 0.1) is 0 Å². The van der Waals surface area contributed by atoms with Gasteiger partial charge < -0.3 is 4.90 Å². The van der Waals surface area contributed by atoms with E-state index in [9.17, 15) is 4.79 Å². The Bertz CT molecular complexity index is 887. The average molecular weight is 343 g/mol. The van der Waals surface area contributed by atoms with Gasteiger partial charge >= 0.3 is 0 Å². The number of aromatic nitrogens is 3. The van der Waals surface area contributed by atoms with Gasteiger partial charge in [0.05, 0.1) is 16.4 Å². The number of benzene rings is 1. The van der Waals surface area contributed by atoms with Crippen molar-refractivity contribution in [3.63, 3.8) is 0 Å². The minimum absolute atomic E-state index is 0.0202. The molecule has 1 amide bonds. The highest BCUT2D eigenvalue weighted by Crippen LogP contribution is 2.32. The van der Waals surface area contributed by atoms with Gasteiger partial charge in [-0.25, -0.2) is 4.98 Å². The lowest BCUT2D eigenvalue weighted by molar-refractivity contribution is -0.119. The van der Waals surface area contributed by atoms with E-state index in [2.05, 4.69) is 15.2 Å². The number of halogens is 1. The van der Waals surface area contributed by atoms with Crippen molar-refractivity contribution in [3.8, 4) is 0 Å². The maximum Gasteiger partial charge on any atom is 0.227 e. The van der Waals surface area contributed by atoms with Crippen LogP contribution in [0.2, 0.25) is 5.02 Å². The highest BCUT2D eigenvalue weighted by atomic mass is 35.5. The van der Waals surface area contributed by atoms with Gasteiger partial charge in [0, 0.05) is 30.5 Å². The summed E-state index contributed by atoms with van der Waals surface area (Å²) in [4.78, 5) is 18.6. The molecule has 0 fully saturated rings. The highest BCUT2D eigenvalue weighted by molar-refractivity contribution is 6.33. The second-order valence-corrected chi connectivity index (χ2v) is 6.84. The summed E-state index contributed by atoms with van der Waals surface area (Å²) in [5.74, 6) is -0.0202. The number of carbonyl (C=O) groups excluding carboxylic acids is 1. The molecule has 124 valence electrons. The quantitative estimate of drug-likeness (QED) is 0.781. The number of hydrogen-bond donors (Lipinski definition) is 1. The molecular formula is C18H19ClN4O. The third kappa shape index (κ3) is 2.99. The minimum atomic E-state index is -0.437. The summed E-state index contributed by atoms with van der Waals surface area (Å²) in [6.45, 7) is 4.02. The highest BCUT2D eigenvalue weighted by Gasteiger charge is 2.30. The van der Waals surface area contributed by atoms with Crippen molar-refractivity contribution >= 4 is 34.2 Å². The first kappa shape index (κ1) is 16.5. The van der Waals surface area contributed by atoms with Crippen molar-refractivity contribution < 1.29 is 4.79 Å². The molecule has 24 heavy (non-hydrogen) atoms. The first-order valence-electron chi connectivity index (χ1n) is 7.71. The zero-order valence-electron chi connectivity index (χ0n) is 13.9. The third-order valence-electron chi connectivity index (χ3n) is 4.16. The Balaban J connectivity index is 1.86. The standard InChI is InChI=1S/C18H19ClN4O/c1-18(2,16-12-7-6-10-20-17(12)22-21-16)11-15(24)23(3)14-9-5-4-8-13(14)19/h4-10H,11H2,1-3H3,(H,20,21,22). The van der Waals surface area contributed by atoms with E-state index < -0.39 is 5.41 Å². The molecule has 0 atom stereocenters. The fraction of sp³-hybridized carbons (Fsp3) is 0.278. The molecule has 0 aliphatic heterocycles. The number of aromatic amines is 1. The number of pyridine rings is 1. The Morgan fingerprint density at radius 3 is 2.75 bits per heavy atom. The summed E-state index contributed by atoms with van der Waals surface area (Å²) >= 11 is 6.19. The molecule has 0 unspecified atom stereocenters. The molecule has 1 N–H and O–H groups in total. The number of nitrogens with zero attached hydrogens (tertiary/aromatic N) is 3. The van der Waals surface area contributed by atoms with Crippen molar-refractivity contribution in [2.75, 3.05) is 11.9 Å². The van der Waals surface area contributed by atoms with Gasteiger partial charge in [-0.15, -0.1) is 0 Å². The van der Waals surface area contributed by atoms with Gasteiger partial charge in [-0.1, -0.05) is 37.6 Å². The number of carbonyl (C=O) groups is 1. The number of H-pyrrole nitrogens is 1. The molecular weight excluding hydrogens is 324 g/mol. The van der Waals surface area contributed by atoms with Gasteiger partial charge in [0.15, 0.2) is 5.65 Å². The summed E-state index contributed by atoms with van der Waals surface area (Å²) in [6.07, 6.45) is 2.02. The lowest BCUT2D eigenvalue weighted by Gasteiger charge is -2.26. The van der Waals surface area contributed by atoms with E-state index in [0.717, 1.165) is 16.7 Å². The Hall–Kier alpha value is -2.40. The van der Waals surface area contributed by atoms with Gasteiger partial charge in [-0.2, -0.15) is 5.10 Å². The summed E-state index contributed by atoms with van der Waals surface area (Å²) < 4.78 is 0. The number of hydrogen-bond acceptors (Lipinski definition) is 3. The number of nitrogens with one attached hydrogen (secondary N) is 1. The molecule has 0 saturated heterocycles. The fourth-order valence-corrected chi connectivity index (χ4v) is 3.07. The zero-order chi connectivity index (χ0) is 17.3. The fourth-order valence-electron chi connectivity index (χ4n) is 2.81. The Morgan fingerprint density at radius 1 is 1.25 bits per heavy atom. The molecule has 3 aromatic rings. The summed E-state index contributed by atoms with van der Waals surface area (Å²) in [5.41, 5.74) is 1.83. The van der Waals surface area contributed by atoms with E-state index >= 15 is 0 Å². The lowest BCUT2D eigenvalue weighted by Crippen LogP contribution is -2.33. The number of anilines is 1. The zero-order valence-corrected chi connectivity index (χ0v) is 14.6. The second kappa shape index (κ2) is 6.24. The molecule has 0 aliphatic rings. The Kier molecular flexibility index (Phi) is 4.28.